The van der Waals surface area contributed by atoms with E-state index in [0.717, 1.165) is 25.1 Å². The fourth-order valence-corrected chi connectivity index (χ4v) is 0.728. The first-order chi connectivity index (χ1) is 3.43. The van der Waals surface area contributed by atoms with Crippen LogP contribution in [0, 0.1) is 0 Å². The Morgan fingerprint density at radius 2 is 2.38 bits per heavy atom. The van der Waals surface area contributed by atoms with Crippen molar-refractivity contribution in [2.45, 2.75) is 12.8 Å². The highest BCUT2D eigenvalue weighted by molar-refractivity contribution is 5.86. The second kappa shape index (κ2) is 3.87. The Morgan fingerprint density at radius 3 is 2.62 bits per heavy atom. The van der Waals surface area contributed by atoms with Gasteiger partial charge in [-0.3, -0.25) is 4.99 Å². The van der Waals surface area contributed by atoms with E-state index in [9.17, 15) is 0 Å². The van der Waals surface area contributed by atoms with E-state index in [-0.39, 0.29) is 19.0 Å². The van der Waals surface area contributed by atoms with E-state index in [1.165, 1.54) is 0 Å². The molecule has 1 N–H and O–H groups in total. The maximum atomic E-state index is 8.44. The minimum Gasteiger partial charge on any atom is -0.390 e. The van der Waals surface area contributed by atoms with Gasteiger partial charge in [0, 0.05) is 12.3 Å². The molecule has 1 rings (SSSR count). The van der Waals surface area contributed by atoms with Gasteiger partial charge in [0.15, 0.2) is 0 Å². The summed E-state index contributed by atoms with van der Waals surface area (Å²) in [6, 6.07) is 0. The molecule has 0 aromatic carbocycles. The topological polar surface area (TPSA) is 32.6 Å². The summed E-state index contributed by atoms with van der Waals surface area (Å²) in [6.45, 7) is 1.09. The van der Waals surface area contributed by atoms with Gasteiger partial charge in [0.2, 0.25) is 0 Å². The summed E-state index contributed by atoms with van der Waals surface area (Å²) in [4.78, 5) is 4.02. The Morgan fingerprint density at radius 1 is 1.62 bits per heavy atom. The number of halogens is 1. The summed E-state index contributed by atoms with van der Waals surface area (Å²) in [7, 11) is 0. The van der Waals surface area contributed by atoms with Gasteiger partial charge in [-0.25, -0.2) is 0 Å². The first-order valence-electron chi connectivity index (χ1n) is 2.56. The molecule has 0 aliphatic carbocycles. The monoisotopic (exact) mass is 135 g/mol. The fraction of sp³-hybridized carbons (Fsp3) is 0.800. The van der Waals surface area contributed by atoms with Crippen molar-refractivity contribution in [1.29, 1.82) is 0 Å². The molecule has 1 heterocycles. The van der Waals surface area contributed by atoms with Crippen molar-refractivity contribution in [2.24, 2.45) is 4.99 Å². The molecule has 0 saturated carbocycles. The molecule has 8 heavy (non-hydrogen) atoms. The molecule has 0 fully saturated rings. The summed E-state index contributed by atoms with van der Waals surface area (Å²) in [5, 5.41) is 8.44. The van der Waals surface area contributed by atoms with Gasteiger partial charge in [0.25, 0.3) is 0 Å². The molecule has 1 aliphatic rings. The Hall–Kier alpha value is -0.0800. The molecule has 0 spiro atoms. The van der Waals surface area contributed by atoms with Gasteiger partial charge in [-0.05, 0) is 12.8 Å². The Kier molecular flexibility index (Phi) is 3.83. The minimum atomic E-state index is 0. The van der Waals surface area contributed by atoms with E-state index in [2.05, 4.69) is 4.99 Å². The largest absolute Gasteiger partial charge is 0.390 e. The lowest BCUT2D eigenvalue weighted by molar-refractivity contribution is 0.356. The summed E-state index contributed by atoms with van der Waals surface area (Å²) < 4.78 is 0. The molecule has 48 valence electrons. The van der Waals surface area contributed by atoms with E-state index >= 15 is 0 Å². The number of aliphatic hydroxyl groups is 1. The Labute approximate surface area is 55.0 Å². The van der Waals surface area contributed by atoms with Crippen molar-refractivity contribution in [2.75, 3.05) is 13.2 Å². The third kappa shape index (κ3) is 1.80. The highest BCUT2D eigenvalue weighted by atomic mass is 35.5. The van der Waals surface area contributed by atoms with Gasteiger partial charge >= 0.3 is 0 Å². The number of hydrogen-bond acceptors (Lipinski definition) is 2. The molecule has 1 aliphatic heterocycles. The zero-order chi connectivity index (χ0) is 5.11. The predicted octanol–water partition coefficient (Wildman–Crippen LogP) is 0.635. The van der Waals surface area contributed by atoms with Crippen LogP contribution in [0.4, 0.5) is 0 Å². The maximum Gasteiger partial charge on any atom is 0.0809 e. The van der Waals surface area contributed by atoms with Crippen LogP contribution >= 0.6 is 12.4 Å². The van der Waals surface area contributed by atoms with Crippen molar-refractivity contribution >= 4 is 18.1 Å². The fourth-order valence-electron chi connectivity index (χ4n) is 0.728. The second-order valence-electron chi connectivity index (χ2n) is 1.71. The number of rotatable bonds is 1. The smallest absolute Gasteiger partial charge is 0.0809 e. The summed E-state index contributed by atoms with van der Waals surface area (Å²) in [6.07, 6.45) is 2.15. The molecular formula is C5H10ClNO. The normalized spacial score (nSPS) is 17.4. The summed E-state index contributed by atoms with van der Waals surface area (Å²) >= 11 is 0. The van der Waals surface area contributed by atoms with Crippen molar-refractivity contribution < 1.29 is 5.11 Å². The average Bonchev–Trinajstić information content (AvgIpc) is 2.14. The van der Waals surface area contributed by atoms with E-state index in [4.69, 9.17) is 5.11 Å². The highest BCUT2D eigenvalue weighted by Crippen LogP contribution is 2.01. The minimum absolute atomic E-state index is 0. The lowest BCUT2D eigenvalue weighted by atomic mass is 10.3. The summed E-state index contributed by atoms with van der Waals surface area (Å²) in [5.74, 6) is 0. The van der Waals surface area contributed by atoms with Crippen LogP contribution in [0.25, 0.3) is 0 Å². The lowest BCUT2D eigenvalue weighted by Crippen LogP contribution is -1.97. The van der Waals surface area contributed by atoms with Gasteiger partial charge in [0.1, 0.15) is 0 Å². The van der Waals surface area contributed by atoms with Crippen LogP contribution in [-0.2, 0) is 0 Å². The van der Waals surface area contributed by atoms with E-state index in [1.807, 2.05) is 0 Å². The first kappa shape index (κ1) is 7.92. The molecular weight excluding hydrogens is 126 g/mol. The van der Waals surface area contributed by atoms with Crippen molar-refractivity contribution in [3.63, 3.8) is 0 Å². The molecule has 0 saturated heterocycles. The molecule has 2 nitrogen and oxygen atoms in total. The molecule has 3 heteroatoms. The van der Waals surface area contributed by atoms with Gasteiger partial charge in [0.05, 0.1) is 6.61 Å². The highest BCUT2D eigenvalue weighted by Gasteiger charge is 2.01. The molecule has 0 aromatic heterocycles. The van der Waals surface area contributed by atoms with E-state index in [1.54, 1.807) is 0 Å². The van der Waals surface area contributed by atoms with Crippen LogP contribution < -0.4 is 0 Å². The van der Waals surface area contributed by atoms with Crippen LogP contribution in [0.5, 0.6) is 0 Å². The number of aliphatic hydroxyl groups excluding tert-OH is 1. The van der Waals surface area contributed by atoms with Crippen LogP contribution in [0.15, 0.2) is 4.99 Å². The van der Waals surface area contributed by atoms with Gasteiger partial charge in [-0.2, -0.15) is 0 Å². The van der Waals surface area contributed by atoms with Gasteiger partial charge in [-0.15, -0.1) is 12.4 Å². The van der Waals surface area contributed by atoms with E-state index in [0.29, 0.717) is 0 Å². The number of hydrogen-bond donors (Lipinski definition) is 1. The number of nitrogens with zero attached hydrogens (tertiary/aromatic N) is 1. The average molecular weight is 136 g/mol. The molecule has 0 aromatic rings. The lowest BCUT2D eigenvalue weighted by Gasteiger charge is -1.85. The Bertz CT molecular complexity index is 92.4. The maximum absolute atomic E-state index is 8.44. The molecule has 0 unspecified atom stereocenters. The van der Waals surface area contributed by atoms with Crippen LogP contribution in [-0.4, -0.2) is 24.0 Å². The van der Waals surface area contributed by atoms with Crippen LogP contribution in [0.2, 0.25) is 0 Å². The van der Waals surface area contributed by atoms with Crippen LogP contribution in [0.3, 0.4) is 0 Å². The molecule has 0 bridgehead atoms. The molecule has 0 radical (unpaired) electrons. The Balaban J connectivity index is 0.000000490. The third-order valence-electron chi connectivity index (χ3n) is 1.14. The predicted molar refractivity (Wildman–Crippen MR) is 35.9 cm³/mol. The third-order valence-corrected chi connectivity index (χ3v) is 1.14. The van der Waals surface area contributed by atoms with Crippen molar-refractivity contribution in [3.05, 3.63) is 0 Å². The van der Waals surface area contributed by atoms with Crippen molar-refractivity contribution in [3.8, 4) is 0 Å². The van der Waals surface area contributed by atoms with Crippen LogP contribution in [0.1, 0.15) is 12.8 Å². The zero-order valence-corrected chi connectivity index (χ0v) is 5.45. The van der Waals surface area contributed by atoms with E-state index < -0.39 is 0 Å². The quantitative estimate of drug-likeness (QED) is 0.562. The van der Waals surface area contributed by atoms with Gasteiger partial charge < -0.3 is 5.11 Å². The standard InChI is InChI=1S/C5H9NO.ClH/c7-4-5-2-1-3-6-5;/h7H,1-4H2;1H. The van der Waals surface area contributed by atoms with Crippen molar-refractivity contribution in [1.82, 2.24) is 0 Å². The number of aliphatic imine (C=N–C) groups is 1. The van der Waals surface area contributed by atoms with Gasteiger partial charge in [-0.1, -0.05) is 0 Å². The molecule has 0 atom stereocenters. The second-order valence-corrected chi connectivity index (χ2v) is 1.71. The zero-order valence-electron chi connectivity index (χ0n) is 4.63. The summed E-state index contributed by atoms with van der Waals surface area (Å²) in [5.41, 5.74) is 0.972. The molecule has 0 amide bonds. The SMILES string of the molecule is Cl.OCC1=NCCC1. The first-order valence-corrected chi connectivity index (χ1v) is 2.56.